The summed E-state index contributed by atoms with van der Waals surface area (Å²) >= 11 is 0. The summed E-state index contributed by atoms with van der Waals surface area (Å²) in [5, 5.41) is 8.76. The third-order valence-corrected chi connectivity index (χ3v) is 3.99. The minimum atomic E-state index is -0.0255. The predicted octanol–water partition coefficient (Wildman–Crippen LogP) is 4.05. The second kappa shape index (κ2) is 6.44. The van der Waals surface area contributed by atoms with Gasteiger partial charge in [0, 0.05) is 5.56 Å². The van der Waals surface area contributed by atoms with E-state index >= 15 is 0 Å². The Morgan fingerprint density at radius 2 is 1.68 bits per heavy atom. The van der Waals surface area contributed by atoms with Crippen molar-refractivity contribution in [2.45, 2.75) is 27.7 Å². The molecule has 3 heteroatoms. The summed E-state index contributed by atoms with van der Waals surface area (Å²) in [5.41, 5.74) is 5.66. The predicted molar refractivity (Wildman–Crippen MR) is 86.4 cm³/mol. The number of rotatable bonds is 4. The monoisotopic (exact) mass is 293 g/mol. The zero-order chi connectivity index (χ0) is 16.3. The molecular formula is C19H19NO2. The molecule has 2 aromatic carbocycles. The number of Topliss-reactive ketones (excluding diaryl/α,β-unsaturated/α-hetero) is 1. The normalized spacial score (nSPS) is 10.1. The fourth-order valence-corrected chi connectivity index (χ4v) is 2.56. The van der Waals surface area contributed by atoms with Gasteiger partial charge >= 0.3 is 0 Å². The zero-order valence-electron chi connectivity index (χ0n) is 13.4. The van der Waals surface area contributed by atoms with Crippen molar-refractivity contribution in [3.05, 3.63) is 63.7 Å². The standard InChI is InChI=1S/C19H19NO2/c1-12-9-13(2)19(15(4)14(12)3)18(21)11-22-17-7-5-16(10-20)6-8-17/h5-9H,11H2,1-4H3. The number of ketones is 1. The number of hydrogen-bond donors (Lipinski definition) is 0. The molecule has 0 aliphatic rings. The van der Waals surface area contributed by atoms with Crippen molar-refractivity contribution in [2.24, 2.45) is 0 Å². The zero-order valence-corrected chi connectivity index (χ0v) is 13.4. The van der Waals surface area contributed by atoms with Gasteiger partial charge in [0.15, 0.2) is 6.61 Å². The largest absolute Gasteiger partial charge is 0.485 e. The summed E-state index contributed by atoms with van der Waals surface area (Å²) in [5.74, 6) is 0.564. The molecular weight excluding hydrogens is 274 g/mol. The van der Waals surface area contributed by atoms with E-state index in [1.165, 1.54) is 5.56 Å². The average Bonchev–Trinajstić information content (AvgIpc) is 2.51. The highest BCUT2D eigenvalue weighted by Crippen LogP contribution is 2.22. The van der Waals surface area contributed by atoms with Crippen LogP contribution in [0.5, 0.6) is 5.75 Å². The van der Waals surface area contributed by atoms with Crippen LogP contribution in [0.1, 0.15) is 38.2 Å². The minimum absolute atomic E-state index is 0.00389. The summed E-state index contributed by atoms with van der Waals surface area (Å²) < 4.78 is 5.54. The van der Waals surface area contributed by atoms with Crippen molar-refractivity contribution in [2.75, 3.05) is 6.61 Å². The van der Waals surface area contributed by atoms with Crippen LogP contribution in [-0.2, 0) is 0 Å². The number of carbonyl (C=O) groups excluding carboxylic acids is 1. The third kappa shape index (κ3) is 3.17. The molecule has 0 saturated heterocycles. The number of aryl methyl sites for hydroxylation is 2. The van der Waals surface area contributed by atoms with Gasteiger partial charge in [0.2, 0.25) is 5.78 Å². The number of nitrogens with zero attached hydrogens (tertiary/aromatic N) is 1. The fourth-order valence-electron chi connectivity index (χ4n) is 2.56. The Balaban J connectivity index is 2.16. The van der Waals surface area contributed by atoms with Gasteiger partial charge in [-0.05, 0) is 74.2 Å². The first kappa shape index (κ1) is 15.8. The highest BCUT2D eigenvalue weighted by atomic mass is 16.5. The Labute approximate surface area is 131 Å². The number of ether oxygens (including phenoxy) is 1. The lowest BCUT2D eigenvalue weighted by Crippen LogP contribution is -2.15. The lowest BCUT2D eigenvalue weighted by Gasteiger charge is -2.14. The second-order valence-corrected chi connectivity index (χ2v) is 5.48. The smallest absolute Gasteiger partial charge is 0.200 e. The molecule has 0 spiro atoms. The van der Waals surface area contributed by atoms with E-state index in [1.807, 2.05) is 32.9 Å². The van der Waals surface area contributed by atoms with Crippen molar-refractivity contribution in [3.8, 4) is 11.8 Å². The van der Waals surface area contributed by atoms with E-state index in [9.17, 15) is 4.79 Å². The van der Waals surface area contributed by atoms with Gasteiger partial charge in [0.25, 0.3) is 0 Å². The molecule has 0 fully saturated rings. The molecule has 0 atom stereocenters. The number of nitriles is 1. The van der Waals surface area contributed by atoms with Gasteiger partial charge in [-0.15, -0.1) is 0 Å². The van der Waals surface area contributed by atoms with Crippen LogP contribution >= 0.6 is 0 Å². The maximum Gasteiger partial charge on any atom is 0.200 e. The van der Waals surface area contributed by atoms with Gasteiger partial charge in [-0.1, -0.05) is 6.07 Å². The molecule has 0 radical (unpaired) electrons. The lowest BCUT2D eigenvalue weighted by atomic mass is 9.92. The first-order valence-corrected chi connectivity index (χ1v) is 7.17. The summed E-state index contributed by atoms with van der Waals surface area (Å²) in [6.07, 6.45) is 0. The molecule has 0 amide bonds. The van der Waals surface area contributed by atoms with E-state index in [0.29, 0.717) is 11.3 Å². The van der Waals surface area contributed by atoms with Gasteiger partial charge in [-0.25, -0.2) is 0 Å². The Bertz CT molecular complexity index is 752. The summed E-state index contributed by atoms with van der Waals surface area (Å²) in [7, 11) is 0. The van der Waals surface area contributed by atoms with Crippen LogP contribution in [0.15, 0.2) is 30.3 Å². The third-order valence-electron chi connectivity index (χ3n) is 3.99. The van der Waals surface area contributed by atoms with Crippen LogP contribution in [-0.4, -0.2) is 12.4 Å². The van der Waals surface area contributed by atoms with Crippen molar-refractivity contribution in [3.63, 3.8) is 0 Å². The van der Waals surface area contributed by atoms with E-state index < -0.39 is 0 Å². The highest BCUT2D eigenvalue weighted by Gasteiger charge is 2.16. The van der Waals surface area contributed by atoms with Crippen LogP contribution in [0.4, 0.5) is 0 Å². The Morgan fingerprint density at radius 3 is 2.27 bits per heavy atom. The van der Waals surface area contributed by atoms with Gasteiger partial charge in [-0.2, -0.15) is 5.26 Å². The summed E-state index contributed by atoms with van der Waals surface area (Å²) in [6, 6.07) is 10.8. The van der Waals surface area contributed by atoms with Crippen molar-refractivity contribution >= 4 is 5.78 Å². The average molecular weight is 293 g/mol. The van der Waals surface area contributed by atoms with Crippen LogP contribution < -0.4 is 4.74 Å². The van der Waals surface area contributed by atoms with Gasteiger partial charge in [0.05, 0.1) is 11.6 Å². The molecule has 3 nitrogen and oxygen atoms in total. The van der Waals surface area contributed by atoms with Gasteiger partial charge < -0.3 is 4.74 Å². The van der Waals surface area contributed by atoms with E-state index in [2.05, 4.69) is 6.92 Å². The van der Waals surface area contributed by atoms with Crippen molar-refractivity contribution in [1.29, 1.82) is 5.26 Å². The molecule has 22 heavy (non-hydrogen) atoms. The minimum Gasteiger partial charge on any atom is -0.485 e. The van der Waals surface area contributed by atoms with Gasteiger partial charge in [0.1, 0.15) is 5.75 Å². The van der Waals surface area contributed by atoms with Crippen molar-refractivity contribution < 1.29 is 9.53 Å². The second-order valence-electron chi connectivity index (χ2n) is 5.48. The molecule has 0 aliphatic carbocycles. The maximum absolute atomic E-state index is 12.5. The molecule has 0 saturated carbocycles. The lowest BCUT2D eigenvalue weighted by molar-refractivity contribution is 0.0920. The molecule has 2 rings (SSSR count). The van der Waals surface area contributed by atoms with Gasteiger partial charge in [-0.3, -0.25) is 4.79 Å². The van der Waals surface area contributed by atoms with E-state index in [-0.39, 0.29) is 12.4 Å². The topological polar surface area (TPSA) is 50.1 Å². The molecule has 0 aromatic heterocycles. The Kier molecular flexibility index (Phi) is 4.62. The first-order chi connectivity index (χ1) is 10.4. The van der Waals surface area contributed by atoms with Crippen LogP contribution in [0.2, 0.25) is 0 Å². The van der Waals surface area contributed by atoms with E-state index in [1.54, 1.807) is 24.3 Å². The SMILES string of the molecule is Cc1cc(C)c(C(=O)COc2ccc(C#N)cc2)c(C)c1C. The first-order valence-electron chi connectivity index (χ1n) is 7.17. The quantitative estimate of drug-likeness (QED) is 0.799. The number of hydrogen-bond acceptors (Lipinski definition) is 3. The molecule has 0 heterocycles. The summed E-state index contributed by atoms with van der Waals surface area (Å²) in [6.45, 7) is 8.01. The fraction of sp³-hybridized carbons (Fsp3) is 0.263. The van der Waals surface area contributed by atoms with E-state index in [4.69, 9.17) is 10.00 Å². The van der Waals surface area contributed by atoms with Crippen LogP contribution in [0, 0.1) is 39.0 Å². The Morgan fingerprint density at radius 1 is 1.05 bits per heavy atom. The van der Waals surface area contributed by atoms with Crippen molar-refractivity contribution in [1.82, 2.24) is 0 Å². The molecule has 0 N–H and O–H groups in total. The summed E-state index contributed by atoms with van der Waals surface area (Å²) in [4.78, 5) is 12.5. The molecule has 0 unspecified atom stereocenters. The highest BCUT2D eigenvalue weighted by molar-refractivity contribution is 6.00. The van der Waals surface area contributed by atoms with Crippen LogP contribution in [0.25, 0.3) is 0 Å². The number of benzene rings is 2. The number of carbonyl (C=O) groups is 1. The molecule has 2 aromatic rings. The molecule has 0 aliphatic heterocycles. The van der Waals surface area contributed by atoms with Crippen LogP contribution in [0.3, 0.4) is 0 Å². The molecule has 112 valence electrons. The Hall–Kier alpha value is -2.60. The molecule has 0 bridgehead atoms. The maximum atomic E-state index is 12.5. The van der Waals surface area contributed by atoms with E-state index in [0.717, 1.165) is 22.3 Å².